The molecule has 7 heteroatoms. The largest absolute Gasteiger partial charge is 1.00 e. The van der Waals surface area contributed by atoms with Gasteiger partial charge < -0.3 is 0 Å². The zero-order valence-electron chi connectivity index (χ0n) is 4.12. The van der Waals surface area contributed by atoms with Crippen LogP contribution < -0.4 is 103 Å². The maximum absolute atomic E-state index is 8.85. The number of hydrogen-bond donors (Lipinski definition) is 2. The van der Waals surface area contributed by atoms with Crippen molar-refractivity contribution in [3.05, 3.63) is 0 Å². The van der Waals surface area contributed by atoms with Crippen LogP contribution in [0.4, 0.5) is 0 Å². The molecular weight excluding hydrogens is 270 g/mol. The molecule has 0 aromatic rings. The summed E-state index contributed by atoms with van der Waals surface area (Å²) in [5.41, 5.74) is 0. The predicted octanol–water partition coefficient (Wildman–Crippen LogP) is -7.72. The van der Waals surface area contributed by atoms with E-state index >= 15 is 0 Å². The minimum Gasteiger partial charge on any atom is 1.00 e. The predicted molar refractivity (Wildman–Crippen MR) is 11.6 cm³/mol. The first-order valence-corrected chi connectivity index (χ1v) is 4.69. The molecule has 0 aliphatic heterocycles. The molecule has 0 fully saturated rings. The van der Waals surface area contributed by atoms with Gasteiger partial charge in [-0.05, 0) is 0 Å². The average molecular weight is 272 g/mol. The minimum absolute atomic E-state index is 0. The van der Waals surface area contributed by atoms with Crippen molar-refractivity contribution in [2.24, 2.45) is 0 Å². The van der Waals surface area contributed by atoms with E-state index in [4.69, 9.17) is 13.2 Å². The molecule has 0 aromatic heterocycles. The molecule has 4 nitrogen and oxygen atoms in total. The van der Waals surface area contributed by atoms with Gasteiger partial charge in [0.2, 0.25) is 0 Å². The molecule has 0 bridgehead atoms. The Kier molecular flexibility index (Phi) is 18.6. The van der Waals surface area contributed by atoms with E-state index in [1.54, 1.807) is 0 Å². The second-order valence-corrected chi connectivity index (χ2v) is 3.00. The molecule has 0 heterocycles. The van der Waals surface area contributed by atoms with Gasteiger partial charge in [0.05, 0.1) is 0 Å². The first-order valence-electron chi connectivity index (χ1n) is 0.698. The van der Waals surface area contributed by atoms with E-state index in [1.807, 2.05) is 0 Å². The van der Waals surface area contributed by atoms with Gasteiger partial charge in [-0.25, -0.2) is 0 Å². The Hall–Kier alpha value is 3.58. The van der Waals surface area contributed by atoms with Gasteiger partial charge in [-0.1, -0.05) is 0 Å². The first kappa shape index (κ1) is 16.9. The Morgan fingerprint density at radius 2 is 1.00 bits per heavy atom. The van der Waals surface area contributed by atoms with Crippen molar-refractivity contribution in [1.82, 2.24) is 0 Å². The molecule has 0 rings (SSSR count). The smallest absolute Gasteiger partial charge is 1.00 e. The summed E-state index contributed by atoms with van der Waals surface area (Å²) in [6.07, 6.45) is 0. The standard InChI is InChI=1S/2K.H2O4Te/c;;1-5(2,3)4/h;;(H2,1,2,3,4)/q2*+1;. The second-order valence-electron chi connectivity index (χ2n) is 0.448. The van der Waals surface area contributed by atoms with Crippen LogP contribution in [0.1, 0.15) is 0 Å². The molecule has 0 spiro atoms. The van der Waals surface area contributed by atoms with Gasteiger partial charge in [0.15, 0.2) is 0 Å². The van der Waals surface area contributed by atoms with Crippen LogP contribution in [0, 0.1) is 0 Å². The minimum atomic E-state index is -5.52. The summed E-state index contributed by atoms with van der Waals surface area (Å²) in [5, 5.41) is 0. The number of rotatable bonds is 0. The Morgan fingerprint density at radius 1 is 1.00 bits per heavy atom. The Morgan fingerprint density at radius 3 is 1.00 bits per heavy atom. The van der Waals surface area contributed by atoms with Crippen molar-refractivity contribution in [3.8, 4) is 0 Å². The zero-order chi connectivity index (χ0) is 4.50. The molecule has 2 N–H and O–H groups in total. The molecule has 7 heavy (non-hydrogen) atoms. The van der Waals surface area contributed by atoms with Gasteiger partial charge >= 0.3 is 135 Å². The summed E-state index contributed by atoms with van der Waals surface area (Å²) < 4.78 is 32.0. The van der Waals surface area contributed by atoms with E-state index in [2.05, 4.69) is 0 Å². The fourth-order valence-corrected chi connectivity index (χ4v) is 0. The second kappa shape index (κ2) is 7.69. The summed E-state index contributed by atoms with van der Waals surface area (Å²) in [7, 11) is 0. The monoisotopic (exact) mass is 274 g/mol. The van der Waals surface area contributed by atoms with Gasteiger partial charge in [0, 0.05) is 0 Å². The van der Waals surface area contributed by atoms with Gasteiger partial charge in [-0.2, -0.15) is 0 Å². The summed E-state index contributed by atoms with van der Waals surface area (Å²) in [4.78, 5) is 0. The van der Waals surface area contributed by atoms with Crippen molar-refractivity contribution < 1.29 is 116 Å². The summed E-state index contributed by atoms with van der Waals surface area (Å²) in [5.74, 6) is 0. The van der Waals surface area contributed by atoms with Crippen LogP contribution in [-0.4, -0.2) is 25.9 Å². The van der Waals surface area contributed by atoms with Crippen molar-refractivity contribution in [2.75, 3.05) is 0 Å². The van der Waals surface area contributed by atoms with E-state index in [0.29, 0.717) is 0 Å². The normalized spacial score (nSPS) is 8.29. The molecule has 0 atom stereocenters. The van der Waals surface area contributed by atoms with E-state index in [-0.39, 0.29) is 103 Å². The molecule has 0 aliphatic carbocycles. The van der Waals surface area contributed by atoms with Crippen molar-refractivity contribution in [1.29, 1.82) is 0 Å². The quantitative estimate of drug-likeness (QED) is 0.429. The fourth-order valence-electron chi connectivity index (χ4n) is 0. The SMILES string of the molecule is O=[Te](=O)(O)O.[K+].[K+]. The summed E-state index contributed by atoms with van der Waals surface area (Å²) in [6, 6.07) is 0. The third-order valence-electron chi connectivity index (χ3n) is 0. The van der Waals surface area contributed by atoms with Crippen LogP contribution in [0.15, 0.2) is 0 Å². The third-order valence-corrected chi connectivity index (χ3v) is 0. The van der Waals surface area contributed by atoms with Crippen LogP contribution in [-0.2, 0) is 6.21 Å². The van der Waals surface area contributed by atoms with Crippen molar-refractivity contribution >= 4 is 19.0 Å². The van der Waals surface area contributed by atoms with E-state index in [0.717, 1.165) is 0 Å². The van der Waals surface area contributed by atoms with Gasteiger partial charge in [-0.15, -0.1) is 0 Å². The first-order chi connectivity index (χ1) is 2.00. The molecule has 32 valence electrons. The van der Waals surface area contributed by atoms with Crippen molar-refractivity contribution in [2.45, 2.75) is 0 Å². The van der Waals surface area contributed by atoms with Gasteiger partial charge in [0.1, 0.15) is 0 Å². The van der Waals surface area contributed by atoms with Crippen LogP contribution in [0.2, 0.25) is 0 Å². The molecule has 0 aromatic carbocycles. The molecule has 0 radical (unpaired) electrons. The van der Waals surface area contributed by atoms with Gasteiger partial charge in [0.25, 0.3) is 0 Å². The van der Waals surface area contributed by atoms with Crippen molar-refractivity contribution in [3.63, 3.8) is 0 Å². The Balaban J connectivity index is -0.0000000800. The average Bonchev–Trinajstić information content (AvgIpc) is 0.722. The molecule has 0 saturated heterocycles. The number of hydrogen-bond acceptors (Lipinski definition) is 2. The Bertz CT molecular complexity index is 92.9. The van der Waals surface area contributed by atoms with E-state index in [9.17, 15) is 0 Å². The van der Waals surface area contributed by atoms with Crippen LogP contribution in [0.25, 0.3) is 0 Å². The molecular formula is H2K2O4Te+2. The molecule has 0 aliphatic rings. The van der Waals surface area contributed by atoms with E-state index < -0.39 is 19.0 Å². The van der Waals surface area contributed by atoms with Gasteiger partial charge in [-0.3, -0.25) is 0 Å². The van der Waals surface area contributed by atoms with E-state index in [1.165, 1.54) is 0 Å². The summed E-state index contributed by atoms with van der Waals surface area (Å²) in [6.45, 7) is 0. The molecule has 0 unspecified atom stereocenters. The Labute approximate surface area is 131 Å². The third kappa shape index (κ3) is 42.9. The summed E-state index contributed by atoms with van der Waals surface area (Å²) >= 11 is -5.52. The van der Waals surface area contributed by atoms with Crippen LogP contribution >= 0.6 is 0 Å². The topological polar surface area (TPSA) is 74.6 Å². The molecule has 0 amide bonds. The molecule has 0 saturated carbocycles. The maximum atomic E-state index is 8.85. The zero-order valence-corrected chi connectivity index (χ0v) is 12.7. The van der Waals surface area contributed by atoms with Crippen LogP contribution in [0.3, 0.4) is 0 Å². The fraction of sp³-hybridized carbons (Fsp3) is 0. The van der Waals surface area contributed by atoms with Crippen LogP contribution in [0.5, 0.6) is 0 Å². The maximum Gasteiger partial charge on any atom is 1.00 e.